The highest BCUT2D eigenvalue weighted by molar-refractivity contribution is 6.41. The summed E-state index contributed by atoms with van der Waals surface area (Å²) in [7, 11) is 0. The molecule has 0 atom stereocenters. The first-order valence-electron chi connectivity index (χ1n) is 5.80. The lowest BCUT2D eigenvalue weighted by molar-refractivity contribution is -0.147. The Bertz CT molecular complexity index is 241. The van der Waals surface area contributed by atoms with Crippen LogP contribution in [0.15, 0.2) is 0 Å². The minimum atomic E-state index is -2.72. The van der Waals surface area contributed by atoms with Crippen LogP contribution in [0.1, 0.15) is 41.5 Å². The monoisotopic (exact) mass is 260 g/mol. The van der Waals surface area contributed by atoms with E-state index in [2.05, 4.69) is 0 Å². The number of carbonyl (C=O) groups is 2. The number of hydrogen-bond donors (Lipinski definition) is 0. The molecule has 5 nitrogen and oxygen atoms in total. The second-order valence-corrected chi connectivity index (χ2v) is 5.98. The molecule has 98 valence electrons. The lowest BCUT2D eigenvalue weighted by atomic mass is 10.2. The van der Waals surface area contributed by atoms with Crippen molar-refractivity contribution in [2.75, 3.05) is 0 Å². The third-order valence-corrected chi connectivity index (χ3v) is 3.37. The van der Waals surface area contributed by atoms with E-state index < -0.39 is 27.1 Å². The highest BCUT2D eigenvalue weighted by Gasteiger charge is 2.44. The fourth-order valence-electron chi connectivity index (χ4n) is 0.764. The Morgan fingerprint density at radius 2 is 1.18 bits per heavy atom. The van der Waals surface area contributed by atoms with Crippen molar-refractivity contribution in [3.63, 3.8) is 0 Å². The van der Waals surface area contributed by atoms with Crippen molar-refractivity contribution in [2.24, 2.45) is 11.8 Å². The van der Waals surface area contributed by atoms with Crippen molar-refractivity contribution >= 4 is 27.1 Å². The molecule has 0 aliphatic carbocycles. The van der Waals surface area contributed by atoms with E-state index in [-0.39, 0.29) is 17.9 Å². The van der Waals surface area contributed by atoms with E-state index in [4.69, 9.17) is 11.4 Å². The number of hydrogen-bond acceptors (Lipinski definition) is 5. The largest absolute Gasteiger partial charge is 1.10 e. The van der Waals surface area contributed by atoms with Crippen molar-refractivity contribution in [3.8, 4) is 0 Å². The van der Waals surface area contributed by atoms with Gasteiger partial charge in [0, 0.05) is 17.9 Å². The quantitative estimate of drug-likeness (QED) is 0.681. The summed E-state index contributed by atoms with van der Waals surface area (Å²) in [6, 6.07) is 0. The van der Waals surface area contributed by atoms with E-state index in [1.54, 1.807) is 41.5 Å². The number of rotatable bonds is 6. The molecule has 0 aromatic carbocycles. The Labute approximate surface area is 108 Å². The Morgan fingerprint density at radius 1 is 0.824 bits per heavy atom. The van der Waals surface area contributed by atoms with E-state index in [1.165, 1.54) is 0 Å². The summed E-state index contributed by atoms with van der Waals surface area (Å²) in [4.78, 5) is 22.9. The lowest BCUT2D eigenvalue weighted by Gasteiger charge is -2.17. The predicted molar refractivity (Wildman–Crippen MR) is 63.8 cm³/mol. The summed E-state index contributed by atoms with van der Waals surface area (Å²) < 4.78 is 15.5. The zero-order chi connectivity index (χ0) is 13.6. The Kier molecular flexibility index (Phi) is 7.44. The molecule has 6 heteroatoms. The second kappa shape index (κ2) is 7.70. The minimum Gasteiger partial charge on any atom is -0.561 e. The van der Waals surface area contributed by atoms with Gasteiger partial charge in [-0.05, 0) is 13.8 Å². The van der Waals surface area contributed by atoms with Crippen LogP contribution in [-0.4, -0.2) is 33.2 Å². The van der Waals surface area contributed by atoms with E-state index in [0.717, 1.165) is 0 Å². The maximum atomic E-state index is 11.4. The van der Waals surface area contributed by atoms with E-state index in [0.29, 0.717) is 0 Å². The van der Waals surface area contributed by atoms with Crippen LogP contribution < -0.4 is 0 Å². The predicted octanol–water partition coefficient (Wildman–Crippen LogP) is 1.79. The van der Waals surface area contributed by atoms with Gasteiger partial charge >= 0.3 is 15.1 Å². The molecular formula is C11H21AlO5. The first-order chi connectivity index (χ1) is 7.73. The fourth-order valence-corrected chi connectivity index (χ4v) is 2.29. The van der Waals surface area contributed by atoms with Gasteiger partial charge in [0.2, 0.25) is 0 Å². The first kappa shape index (κ1) is 16.4. The molecule has 0 bridgehead atoms. The van der Waals surface area contributed by atoms with Crippen LogP contribution in [-0.2, 0) is 21.0 Å². The standard InChI is InChI=1S/2C4H8O2.C3H7O.Al/c2*1-3(2)4(5)6;1-3(2)4;/h2*3H,1-2H3,(H,5,6);3H,1-2H3;/q;;-1;+3/p-2. The van der Waals surface area contributed by atoms with Gasteiger partial charge in [-0.2, -0.15) is 0 Å². The zero-order valence-corrected chi connectivity index (χ0v) is 12.5. The molecule has 0 unspecified atom stereocenters. The lowest BCUT2D eigenvalue weighted by Crippen LogP contribution is -2.37. The van der Waals surface area contributed by atoms with Gasteiger partial charge in [-0.25, -0.2) is 0 Å². The average Bonchev–Trinajstić information content (AvgIpc) is 2.15. The molecule has 0 radical (unpaired) electrons. The third-order valence-electron chi connectivity index (χ3n) is 1.75. The van der Waals surface area contributed by atoms with E-state index in [9.17, 15) is 9.59 Å². The van der Waals surface area contributed by atoms with Gasteiger partial charge in [-0.1, -0.05) is 27.7 Å². The van der Waals surface area contributed by atoms with Crippen molar-refractivity contribution in [3.05, 3.63) is 0 Å². The number of carbonyl (C=O) groups excluding carboxylic acids is 2. The van der Waals surface area contributed by atoms with Crippen molar-refractivity contribution in [2.45, 2.75) is 47.6 Å². The van der Waals surface area contributed by atoms with E-state index >= 15 is 0 Å². The summed E-state index contributed by atoms with van der Waals surface area (Å²) in [6.45, 7) is 10.5. The van der Waals surface area contributed by atoms with Gasteiger partial charge in [0.15, 0.2) is 0 Å². The van der Waals surface area contributed by atoms with Crippen LogP contribution in [0, 0.1) is 11.8 Å². The van der Waals surface area contributed by atoms with Gasteiger partial charge in [-0.15, -0.1) is 0 Å². The van der Waals surface area contributed by atoms with Crippen LogP contribution in [0.4, 0.5) is 0 Å². The Morgan fingerprint density at radius 3 is 1.41 bits per heavy atom. The summed E-state index contributed by atoms with van der Waals surface area (Å²) in [5.41, 5.74) is 0. The molecule has 0 aliphatic heterocycles. The van der Waals surface area contributed by atoms with Crippen molar-refractivity contribution < 1.29 is 21.0 Å². The molecule has 0 aromatic rings. The maximum absolute atomic E-state index is 11.4. The van der Waals surface area contributed by atoms with Crippen LogP contribution in [0.5, 0.6) is 0 Å². The average molecular weight is 260 g/mol. The van der Waals surface area contributed by atoms with Crippen LogP contribution >= 0.6 is 0 Å². The van der Waals surface area contributed by atoms with Crippen LogP contribution in [0.25, 0.3) is 0 Å². The maximum Gasteiger partial charge on any atom is 1.10 e. The van der Waals surface area contributed by atoms with Gasteiger partial charge in [0.25, 0.3) is 11.9 Å². The summed E-state index contributed by atoms with van der Waals surface area (Å²) in [5, 5.41) is 0. The Hall–Kier alpha value is -0.568. The zero-order valence-electron chi connectivity index (χ0n) is 11.4. The van der Waals surface area contributed by atoms with Gasteiger partial charge < -0.3 is 11.4 Å². The van der Waals surface area contributed by atoms with Crippen LogP contribution in [0.2, 0.25) is 0 Å². The van der Waals surface area contributed by atoms with Gasteiger partial charge in [0.05, 0.1) is 0 Å². The molecule has 0 fully saturated rings. The molecule has 0 saturated carbocycles. The second-order valence-electron chi connectivity index (χ2n) is 4.66. The molecular weight excluding hydrogens is 239 g/mol. The third kappa shape index (κ3) is 7.37. The topological polar surface area (TPSA) is 61.8 Å². The smallest absolute Gasteiger partial charge is 0.561 e. The van der Waals surface area contributed by atoms with Gasteiger partial charge in [-0.3, -0.25) is 9.59 Å². The summed E-state index contributed by atoms with van der Waals surface area (Å²) >= 11 is -2.72. The molecule has 0 amide bonds. The molecule has 17 heavy (non-hydrogen) atoms. The molecule has 0 N–H and O–H groups in total. The molecule has 0 heterocycles. The molecule has 0 saturated heterocycles. The minimum absolute atomic E-state index is 0.147. The summed E-state index contributed by atoms with van der Waals surface area (Å²) in [5.74, 6) is -1.34. The normalized spacial score (nSPS) is 10.9. The molecule has 0 rings (SSSR count). The van der Waals surface area contributed by atoms with E-state index in [1.807, 2.05) is 0 Å². The fraction of sp³-hybridized carbons (Fsp3) is 0.818. The van der Waals surface area contributed by atoms with Gasteiger partial charge in [0.1, 0.15) is 0 Å². The SMILES string of the molecule is CC(C)[O][Al]([O]C(=O)C(C)C)[O]C(=O)C(C)C. The van der Waals surface area contributed by atoms with Crippen molar-refractivity contribution in [1.82, 2.24) is 0 Å². The van der Waals surface area contributed by atoms with Crippen molar-refractivity contribution in [1.29, 1.82) is 0 Å². The molecule has 0 aromatic heterocycles. The highest BCUT2D eigenvalue weighted by atomic mass is 27.3. The first-order valence-corrected chi connectivity index (χ1v) is 7.21. The molecule has 0 aliphatic rings. The Balaban J connectivity index is 4.43. The summed E-state index contributed by atoms with van der Waals surface area (Å²) in [6.07, 6.45) is -0.147. The highest BCUT2D eigenvalue weighted by Crippen LogP contribution is 2.06. The molecule has 0 spiro atoms. The van der Waals surface area contributed by atoms with Crippen LogP contribution in [0.3, 0.4) is 0 Å².